The number of carbonyl (C=O) groups is 1. The molecule has 0 unspecified atom stereocenters. The summed E-state index contributed by atoms with van der Waals surface area (Å²) < 4.78 is 26.5. The molecule has 1 heterocycles. The van der Waals surface area contributed by atoms with E-state index in [-0.39, 0.29) is 22.8 Å². The molecule has 0 aliphatic carbocycles. The van der Waals surface area contributed by atoms with Crippen molar-refractivity contribution in [1.29, 1.82) is 0 Å². The van der Waals surface area contributed by atoms with Crippen molar-refractivity contribution in [3.63, 3.8) is 0 Å². The van der Waals surface area contributed by atoms with Crippen molar-refractivity contribution in [3.8, 4) is 5.69 Å². The molecule has 1 aromatic carbocycles. The van der Waals surface area contributed by atoms with E-state index in [0.717, 1.165) is 12.1 Å². The molecule has 0 amide bonds. The fourth-order valence-corrected chi connectivity index (χ4v) is 2.77. The van der Waals surface area contributed by atoms with E-state index < -0.39 is 34.8 Å². The number of hydrogen-bond donors (Lipinski definition) is 0. The van der Waals surface area contributed by atoms with Crippen LogP contribution in [0.5, 0.6) is 0 Å². The largest absolute Gasteiger partial charge is 0.459 e. The smallest absolute Gasteiger partial charge is 0.339 e. The van der Waals surface area contributed by atoms with Crippen molar-refractivity contribution >= 4 is 17.6 Å². The zero-order valence-electron chi connectivity index (χ0n) is 15.6. The van der Waals surface area contributed by atoms with Gasteiger partial charge in [-0.05, 0) is 32.9 Å². The Labute approximate surface area is 159 Å². The van der Waals surface area contributed by atoms with E-state index in [1.165, 1.54) is 18.7 Å². The first-order valence-corrected chi connectivity index (χ1v) is 8.48. The molecular weight excluding hydrogens is 379 g/mol. The number of ether oxygens (including phenoxy) is 2. The molecular formula is C18H20ClFN2O5. The van der Waals surface area contributed by atoms with Gasteiger partial charge < -0.3 is 14.0 Å². The maximum absolute atomic E-state index is 14.6. The average molecular weight is 399 g/mol. The number of rotatable bonds is 5. The van der Waals surface area contributed by atoms with Gasteiger partial charge in [-0.15, -0.1) is 0 Å². The number of nitrogens with zero attached hydrogens (tertiary/aromatic N) is 2. The zero-order valence-corrected chi connectivity index (χ0v) is 16.4. The Balaban J connectivity index is 2.81. The summed E-state index contributed by atoms with van der Waals surface area (Å²) in [5.74, 6) is -1.71. The summed E-state index contributed by atoms with van der Waals surface area (Å²) in [7, 11) is 2.85. The third-order valence-electron chi connectivity index (χ3n) is 4.01. The van der Waals surface area contributed by atoms with Crippen molar-refractivity contribution in [2.24, 2.45) is 7.05 Å². The van der Waals surface area contributed by atoms with Gasteiger partial charge in [0.15, 0.2) is 0 Å². The van der Waals surface area contributed by atoms with E-state index in [9.17, 15) is 18.8 Å². The number of carbonyl (C=O) groups excluding carboxylic acids is 1. The molecule has 2 rings (SSSR count). The molecule has 9 heteroatoms. The summed E-state index contributed by atoms with van der Waals surface area (Å²) in [6.07, 6.45) is -0.426. The Morgan fingerprint density at radius 1 is 1.30 bits per heavy atom. The van der Waals surface area contributed by atoms with E-state index in [0.29, 0.717) is 10.3 Å². The molecule has 0 aliphatic heterocycles. The topological polar surface area (TPSA) is 79.5 Å². The van der Waals surface area contributed by atoms with Crippen LogP contribution < -0.4 is 11.2 Å². The molecule has 27 heavy (non-hydrogen) atoms. The summed E-state index contributed by atoms with van der Waals surface area (Å²) in [6, 6.07) is 1.91. The van der Waals surface area contributed by atoms with E-state index in [4.69, 9.17) is 21.1 Å². The highest BCUT2D eigenvalue weighted by Gasteiger charge is 2.22. The fourth-order valence-electron chi connectivity index (χ4n) is 2.54. The maximum atomic E-state index is 14.6. The van der Waals surface area contributed by atoms with Crippen LogP contribution in [0.1, 0.15) is 35.5 Å². The van der Waals surface area contributed by atoms with Crippen molar-refractivity contribution in [3.05, 3.63) is 60.6 Å². The zero-order chi connectivity index (χ0) is 20.5. The molecule has 2 aromatic rings. The first kappa shape index (κ1) is 20.9. The Bertz CT molecular complexity index is 1010. The molecule has 0 fully saturated rings. The van der Waals surface area contributed by atoms with Crippen LogP contribution in [-0.4, -0.2) is 28.3 Å². The molecule has 0 atom stereocenters. The molecule has 0 saturated carbocycles. The molecule has 0 radical (unpaired) electrons. The summed E-state index contributed by atoms with van der Waals surface area (Å²) in [5, 5.41) is -0.184. The van der Waals surface area contributed by atoms with Gasteiger partial charge in [0.2, 0.25) is 0 Å². The van der Waals surface area contributed by atoms with Crippen LogP contribution in [-0.2, 0) is 23.1 Å². The van der Waals surface area contributed by atoms with Crippen LogP contribution in [0.4, 0.5) is 4.39 Å². The monoisotopic (exact) mass is 398 g/mol. The first-order valence-electron chi connectivity index (χ1n) is 8.11. The lowest BCUT2D eigenvalue weighted by Gasteiger charge is -2.16. The Kier molecular flexibility index (Phi) is 6.22. The van der Waals surface area contributed by atoms with E-state index in [1.807, 2.05) is 0 Å². The molecule has 7 nitrogen and oxygen atoms in total. The van der Waals surface area contributed by atoms with Crippen molar-refractivity contribution < 1.29 is 18.7 Å². The summed E-state index contributed by atoms with van der Waals surface area (Å²) >= 11 is 5.95. The third kappa shape index (κ3) is 3.96. The molecule has 146 valence electrons. The highest BCUT2D eigenvalue weighted by atomic mass is 35.5. The van der Waals surface area contributed by atoms with Gasteiger partial charge in [0, 0.05) is 19.9 Å². The predicted octanol–water partition coefficient (Wildman–Crippen LogP) is 2.35. The second-order valence-electron chi connectivity index (χ2n) is 6.22. The normalized spacial score (nSPS) is 11.1. The number of halogens is 2. The number of aromatic nitrogens is 2. The van der Waals surface area contributed by atoms with Crippen molar-refractivity contribution in [1.82, 2.24) is 9.13 Å². The van der Waals surface area contributed by atoms with Crippen molar-refractivity contribution in [2.75, 3.05) is 7.11 Å². The second-order valence-corrected chi connectivity index (χ2v) is 6.62. The minimum absolute atomic E-state index is 0.0593. The minimum Gasteiger partial charge on any atom is -0.459 e. The van der Waals surface area contributed by atoms with Gasteiger partial charge in [-0.25, -0.2) is 18.5 Å². The van der Waals surface area contributed by atoms with Crippen molar-refractivity contribution in [2.45, 2.75) is 33.5 Å². The van der Waals surface area contributed by atoms with E-state index >= 15 is 0 Å². The van der Waals surface area contributed by atoms with Crippen LogP contribution in [0, 0.1) is 12.7 Å². The third-order valence-corrected chi connectivity index (χ3v) is 4.32. The lowest BCUT2D eigenvalue weighted by molar-refractivity contribution is 0.0378. The number of benzene rings is 1. The number of methoxy groups -OCH3 is 1. The summed E-state index contributed by atoms with van der Waals surface area (Å²) in [4.78, 5) is 37.6. The molecule has 0 aliphatic rings. The van der Waals surface area contributed by atoms with Crippen LogP contribution in [0.15, 0.2) is 21.7 Å². The lowest BCUT2D eigenvalue weighted by Crippen LogP contribution is -2.41. The van der Waals surface area contributed by atoms with Gasteiger partial charge >= 0.3 is 11.7 Å². The second kappa shape index (κ2) is 8.06. The van der Waals surface area contributed by atoms with Gasteiger partial charge in [-0.1, -0.05) is 11.6 Å². The molecule has 0 saturated heterocycles. The van der Waals surface area contributed by atoms with E-state index in [1.54, 1.807) is 20.8 Å². The van der Waals surface area contributed by atoms with Crippen LogP contribution in [0.2, 0.25) is 5.02 Å². The fraction of sp³-hybridized carbons (Fsp3) is 0.389. The maximum Gasteiger partial charge on any atom is 0.339 e. The molecule has 0 bridgehead atoms. The average Bonchev–Trinajstić information content (AvgIpc) is 2.58. The Hall–Kier alpha value is -2.45. The highest BCUT2D eigenvalue weighted by molar-refractivity contribution is 6.33. The minimum atomic E-state index is -0.924. The molecule has 0 spiro atoms. The SMILES string of the molecule is COCc1c(C)n(C)c(=O)n(-c2cc(C(=O)OC(C)C)c(Cl)cc2F)c1=O. The number of hydrogen-bond acceptors (Lipinski definition) is 5. The summed E-state index contributed by atoms with van der Waals surface area (Å²) in [6.45, 7) is 4.82. The Morgan fingerprint density at radius 2 is 1.93 bits per heavy atom. The van der Waals surface area contributed by atoms with Gasteiger partial charge in [0.1, 0.15) is 5.82 Å². The van der Waals surface area contributed by atoms with Gasteiger partial charge in [-0.2, -0.15) is 0 Å². The number of esters is 1. The predicted molar refractivity (Wildman–Crippen MR) is 98.2 cm³/mol. The quantitative estimate of drug-likeness (QED) is 0.722. The molecule has 1 aromatic heterocycles. The van der Waals surface area contributed by atoms with Crippen LogP contribution in [0.25, 0.3) is 5.69 Å². The van der Waals surface area contributed by atoms with Crippen LogP contribution in [0.3, 0.4) is 0 Å². The standard InChI is InChI=1S/C18H20ClFN2O5/c1-9(2)27-17(24)11-6-15(14(20)7-13(11)19)22-16(23)12(8-26-5)10(3)21(4)18(22)25/h6-7,9H,8H2,1-5H3. The van der Waals surface area contributed by atoms with Gasteiger partial charge in [-0.3, -0.25) is 4.79 Å². The summed E-state index contributed by atoms with van der Waals surface area (Å²) in [5.41, 5.74) is -1.44. The highest BCUT2D eigenvalue weighted by Crippen LogP contribution is 2.23. The lowest BCUT2D eigenvalue weighted by atomic mass is 10.1. The molecule has 0 N–H and O–H groups in total. The van der Waals surface area contributed by atoms with Crippen LogP contribution >= 0.6 is 11.6 Å². The van der Waals surface area contributed by atoms with E-state index in [2.05, 4.69) is 0 Å². The Morgan fingerprint density at radius 3 is 2.48 bits per heavy atom. The van der Waals surface area contributed by atoms with Gasteiger partial charge in [0.25, 0.3) is 5.56 Å². The van der Waals surface area contributed by atoms with Gasteiger partial charge in [0.05, 0.1) is 34.5 Å². The first-order chi connectivity index (χ1) is 12.6.